The van der Waals surface area contributed by atoms with Crippen LogP contribution in [0, 0.1) is 5.82 Å². The predicted octanol–water partition coefficient (Wildman–Crippen LogP) is 1.69. The summed E-state index contributed by atoms with van der Waals surface area (Å²) in [6.07, 6.45) is -0.540. The lowest BCUT2D eigenvalue weighted by molar-refractivity contribution is 0.0644. The van der Waals surface area contributed by atoms with E-state index < -0.39 is 6.10 Å². The molecule has 1 aromatic rings. The minimum atomic E-state index is -0.540. The molecule has 1 atom stereocenters. The van der Waals surface area contributed by atoms with E-state index in [1.807, 2.05) is 6.07 Å². The topological polar surface area (TPSA) is 41.5 Å². The number of benzene rings is 1. The molecule has 0 spiro atoms. The Hall–Kier alpha value is -0.490. The molecule has 0 amide bonds. The molecule has 0 bridgehead atoms. The van der Waals surface area contributed by atoms with Crippen molar-refractivity contribution in [2.45, 2.75) is 12.6 Å². The molecule has 3 nitrogen and oxygen atoms in total. The first-order chi connectivity index (χ1) is 7.61. The van der Waals surface area contributed by atoms with Crippen LogP contribution in [0.4, 0.5) is 4.39 Å². The molecule has 0 aliphatic heterocycles. The highest BCUT2D eigenvalue weighted by atomic mass is 79.9. The molecule has 2 N–H and O–H groups in total. The molecule has 16 heavy (non-hydrogen) atoms. The van der Waals surface area contributed by atoms with Crippen LogP contribution in [-0.4, -0.2) is 31.5 Å². The van der Waals surface area contributed by atoms with Gasteiger partial charge in [-0.2, -0.15) is 0 Å². The van der Waals surface area contributed by atoms with E-state index in [2.05, 4.69) is 21.2 Å². The summed E-state index contributed by atoms with van der Waals surface area (Å²) in [5, 5.41) is 12.4. The zero-order chi connectivity index (χ0) is 12.0. The summed E-state index contributed by atoms with van der Waals surface area (Å²) >= 11 is 3.22. The number of rotatable bonds is 6. The number of nitrogens with one attached hydrogen (secondary N) is 1. The molecule has 0 saturated carbocycles. The average molecular weight is 292 g/mol. The smallest absolute Gasteiger partial charge is 0.124 e. The van der Waals surface area contributed by atoms with E-state index in [0.717, 1.165) is 5.56 Å². The van der Waals surface area contributed by atoms with Gasteiger partial charge in [-0.25, -0.2) is 4.39 Å². The van der Waals surface area contributed by atoms with Crippen molar-refractivity contribution in [1.29, 1.82) is 0 Å². The normalized spacial score (nSPS) is 12.8. The number of aliphatic hydroxyl groups excluding tert-OH is 1. The van der Waals surface area contributed by atoms with Crippen LogP contribution >= 0.6 is 15.9 Å². The molecule has 0 fully saturated rings. The predicted molar refractivity (Wildman–Crippen MR) is 63.7 cm³/mol. The van der Waals surface area contributed by atoms with Gasteiger partial charge in [-0.1, -0.05) is 15.9 Å². The number of halogens is 2. The minimum absolute atomic E-state index is 0.274. The highest BCUT2D eigenvalue weighted by molar-refractivity contribution is 9.10. The summed E-state index contributed by atoms with van der Waals surface area (Å²) in [6, 6.07) is 4.70. The third-order valence-electron chi connectivity index (χ3n) is 1.99. The summed E-state index contributed by atoms with van der Waals surface area (Å²) in [5.74, 6) is -0.274. The molecule has 0 heterocycles. The number of hydrogen-bond acceptors (Lipinski definition) is 3. The maximum atomic E-state index is 13.0. The van der Waals surface area contributed by atoms with Gasteiger partial charge in [0.15, 0.2) is 0 Å². The fourth-order valence-electron chi connectivity index (χ4n) is 1.35. The van der Waals surface area contributed by atoms with Crippen LogP contribution in [-0.2, 0) is 11.3 Å². The van der Waals surface area contributed by atoms with Crippen molar-refractivity contribution in [1.82, 2.24) is 5.32 Å². The highest BCUT2D eigenvalue weighted by Crippen LogP contribution is 2.14. The maximum Gasteiger partial charge on any atom is 0.124 e. The van der Waals surface area contributed by atoms with E-state index in [0.29, 0.717) is 24.2 Å². The van der Waals surface area contributed by atoms with E-state index in [9.17, 15) is 9.50 Å². The van der Waals surface area contributed by atoms with Crippen molar-refractivity contribution >= 4 is 15.9 Å². The third-order valence-corrected chi connectivity index (χ3v) is 2.45. The van der Waals surface area contributed by atoms with Crippen molar-refractivity contribution in [2.75, 3.05) is 20.3 Å². The van der Waals surface area contributed by atoms with Gasteiger partial charge in [0.25, 0.3) is 0 Å². The van der Waals surface area contributed by atoms with Gasteiger partial charge in [0.2, 0.25) is 0 Å². The molecule has 0 aromatic heterocycles. The second-order valence-electron chi connectivity index (χ2n) is 3.52. The van der Waals surface area contributed by atoms with Gasteiger partial charge in [0, 0.05) is 24.7 Å². The Morgan fingerprint density at radius 2 is 2.25 bits per heavy atom. The summed E-state index contributed by atoms with van der Waals surface area (Å²) in [4.78, 5) is 0. The largest absolute Gasteiger partial charge is 0.389 e. The van der Waals surface area contributed by atoms with Crippen molar-refractivity contribution in [3.63, 3.8) is 0 Å². The van der Waals surface area contributed by atoms with Crippen LogP contribution in [0.5, 0.6) is 0 Å². The van der Waals surface area contributed by atoms with Crippen molar-refractivity contribution in [2.24, 2.45) is 0 Å². The Bertz CT molecular complexity index is 316. The van der Waals surface area contributed by atoms with E-state index >= 15 is 0 Å². The third kappa shape index (κ3) is 5.03. The van der Waals surface area contributed by atoms with Crippen molar-refractivity contribution in [3.05, 3.63) is 34.1 Å². The first-order valence-electron chi connectivity index (χ1n) is 4.94. The number of methoxy groups -OCH3 is 1. The zero-order valence-electron chi connectivity index (χ0n) is 9.04. The van der Waals surface area contributed by atoms with E-state index in [1.165, 1.54) is 19.2 Å². The zero-order valence-corrected chi connectivity index (χ0v) is 10.6. The fourth-order valence-corrected chi connectivity index (χ4v) is 1.86. The van der Waals surface area contributed by atoms with Crippen molar-refractivity contribution < 1.29 is 14.2 Å². The van der Waals surface area contributed by atoms with E-state index in [1.54, 1.807) is 0 Å². The van der Waals surface area contributed by atoms with Gasteiger partial charge in [-0.3, -0.25) is 0 Å². The quantitative estimate of drug-likeness (QED) is 0.838. The molecule has 90 valence electrons. The van der Waals surface area contributed by atoms with Gasteiger partial charge in [-0.15, -0.1) is 0 Å². The van der Waals surface area contributed by atoms with Gasteiger partial charge in [0.05, 0.1) is 12.7 Å². The Morgan fingerprint density at radius 1 is 1.50 bits per heavy atom. The molecule has 0 radical (unpaired) electrons. The first-order valence-corrected chi connectivity index (χ1v) is 5.74. The van der Waals surface area contributed by atoms with Crippen molar-refractivity contribution in [3.8, 4) is 0 Å². The Morgan fingerprint density at radius 3 is 2.88 bits per heavy atom. The molecular formula is C11H15BrFNO2. The van der Waals surface area contributed by atoms with Crippen LogP contribution in [0.15, 0.2) is 22.7 Å². The number of hydrogen-bond donors (Lipinski definition) is 2. The SMILES string of the molecule is COCC(O)CNCc1cc(F)cc(Br)c1. The molecule has 0 aliphatic rings. The van der Waals surface area contributed by atoms with Crippen LogP contribution in [0.1, 0.15) is 5.56 Å². The number of ether oxygens (including phenoxy) is 1. The first kappa shape index (κ1) is 13.6. The summed E-state index contributed by atoms with van der Waals surface area (Å²) < 4.78 is 18.5. The minimum Gasteiger partial charge on any atom is -0.389 e. The molecule has 0 saturated heterocycles. The lowest BCUT2D eigenvalue weighted by Crippen LogP contribution is -2.29. The van der Waals surface area contributed by atoms with Crippen LogP contribution < -0.4 is 5.32 Å². The molecule has 1 aromatic carbocycles. The Kier molecular flexibility index (Phi) is 5.90. The van der Waals surface area contributed by atoms with Gasteiger partial charge in [-0.05, 0) is 23.8 Å². The van der Waals surface area contributed by atoms with Crippen LogP contribution in [0.2, 0.25) is 0 Å². The molecule has 5 heteroatoms. The van der Waals surface area contributed by atoms with Crippen LogP contribution in [0.3, 0.4) is 0 Å². The summed E-state index contributed by atoms with van der Waals surface area (Å²) in [6.45, 7) is 1.22. The summed E-state index contributed by atoms with van der Waals surface area (Å²) in [5.41, 5.74) is 0.830. The molecular weight excluding hydrogens is 277 g/mol. The van der Waals surface area contributed by atoms with Gasteiger partial charge >= 0.3 is 0 Å². The van der Waals surface area contributed by atoms with Gasteiger partial charge < -0.3 is 15.2 Å². The maximum absolute atomic E-state index is 13.0. The second-order valence-corrected chi connectivity index (χ2v) is 4.43. The van der Waals surface area contributed by atoms with Gasteiger partial charge in [0.1, 0.15) is 5.82 Å². The monoisotopic (exact) mass is 291 g/mol. The lowest BCUT2D eigenvalue weighted by atomic mass is 10.2. The molecule has 1 rings (SSSR count). The fraction of sp³-hybridized carbons (Fsp3) is 0.455. The molecule has 0 aliphatic carbocycles. The van der Waals surface area contributed by atoms with E-state index in [-0.39, 0.29) is 5.82 Å². The van der Waals surface area contributed by atoms with E-state index in [4.69, 9.17) is 4.74 Å². The van der Waals surface area contributed by atoms with Crippen LogP contribution in [0.25, 0.3) is 0 Å². The number of aliphatic hydroxyl groups is 1. The standard InChI is InChI=1S/C11H15BrFNO2/c1-16-7-11(15)6-14-5-8-2-9(12)4-10(13)3-8/h2-4,11,14-15H,5-7H2,1H3. The Labute approximate surface area is 103 Å². The summed E-state index contributed by atoms with van der Waals surface area (Å²) in [7, 11) is 1.53. The second kappa shape index (κ2) is 6.96. The Balaban J connectivity index is 2.37. The molecule has 1 unspecified atom stereocenters. The lowest BCUT2D eigenvalue weighted by Gasteiger charge is -2.10. The average Bonchev–Trinajstić information content (AvgIpc) is 2.16. The highest BCUT2D eigenvalue weighted by Gasteiger charge is 2.03.